The van der Waals surface area contributed by atoms with E-state index in [1.165, 1.54) is 0 Å². The zero-order valence-electron chi connectivity index (χ0n) is 12.8. The number of carbonyl (C=O) groups is 2. The predicted octanol–water partition coefficient (Wildman–Crippen LogP) is 1.79. The van der Waals surface area contributed by atoms with Gasteiger partial charge in [0.25, 0.3) is 0 Å². The number of nitrogens with zero attached hydrogens (tertiary/aromatic N) is 1. The number of carbonyl (C=O) groups excluding carboxylic acids is 2. The molecule has 5 heteroatoms. The van der Waals surface area contributed by atoms with Crippen LogP contribution in [0.1, 0.15) is 24.1 Å². The van der Waals surface area contributed by atoms with E-state index >= 15 is 0 Å². The topological polar surface area (TPSA) is 71.1 Å². The molecule has 1 aliphatic rings. The molecule has 0 aliphatic heterocycles. The standard InChI is InChI=1S/C18H19N3O2/c22-16(20-12-14-6-2-1-3-7-14)18(9-10-18)17(23)21-13-15-8-4-5-11-19-15/h1-8,11H,9-10,12-13H2,(H,20,22)(H,21,23). The Labute approximate surface area is 135 Å². The first-order chi connectivity index (χ1) is 11.2. The Morgan fingerprint density at radius 1 is 0.913 bits per heavy atom. The normalized spacial score (nSPS) is 14.8. The molecule has 0 bridgehead atoms. The minimum atomic E-state index is -0.899. The van der Waals surface area contributed by atoms with Crippen molar-refractivity contribution in [2.45, 2.75) is 25.9 Å². The van der Waals surface area contributed by atoms with Crippen LogP contribution < -0.4 is 10.6 Å². The maximum Gasteiger partial charge on any atom is 0.236 e. The molecular weight excluding hydrogens is 290 g/mol. The van der Waals surface area contributed by atoms with Crippen molar-refractivity contribution in [1.82, 2.24) is 15.6 Å². The summed E-state index contributed by atoms with van der Waals surface area (Å²) in [7, 11) is 0. The number of amides is 2. The minimum absolute atomic E-state index is 0.195. The van der Waals surface area contributed by atoms with Gasteiger partial charge in [-0.25, -0.2) is 0 Å². The largest absolute Gasteiger partial charge is 0.351 e. The molecule has 0 unspecified atom stereocenters. The van der Waals surface area contributed by atoms with Gasteiger partial charge in [-0.05, 0) is 30.5 Å². The lowest BCUT2D eigenvalue weighted by Gasteiger charge is -2.15. The van der Waals surface area contributed by atoms with Crippen molar-refractivity contribution in [3.8, 4) is 0 Å². The van der Waals surface area contributed by atoms with Crippen LogP contribution in [0.2, 0.25) is 0 Å². The second-order valence-electron chi connectivity index (χ2n) is 5.75. The Bertz CT molecular complexity index is 624. The van der Waals surface area contributed by atoms with Crippen molar-refractivity contribution < 1.29 is 9.59 Å². The van der Waals surface area contributed by atoms with E-state index in [-0.39, 0.29) is 11.8 Å². The number of hydrogen-bond donors (Lipinski definition) is 2. The molecule has 0 spiro atoms. The fourth-order valence-corrected chi connectivity index (χ4v) is 2.47. The van der Waals surface area contributed by atoms with Gasteiger partial charge in [-0.2, -0.15) is 0 Å². The van der Waals surface area contributed by atoms with E-state index in [4.69, 9.17) is 0 Å². The molecule has 2 aromatic rings. The molecule has 0 saturated heterocycles. The Morgan fingerprint density at radius 3 is 2.17 bits per heavy atom. The van der Waals surface area contributed by atoms with Crippen LogP contribution >= 0.6 is 0 Å². The highest BCUT2D eigenvalue weighted by atomic mass is 16.2. The molecule has 1 aliphatic carbocycles. The van der Waals surface area contributed by atoms with Crippen LogP contribution in [0, 0.1) is 5.41 Å². The predicted molar refractivity (Wildman–Crippen MR) is 86.0 cm³/mol. The first kappa shape index (κ1) is 15.2. The lowest BCUT2D eigenvalue weighted by molar-refractivity contribution is -0.137. The van der Waals surface area contributed by atoms with Gasteiger partial charge >= 0.3 is 0 Å². The van der Waals surface area contributed by atoms with Gasteiger partial charge < -0.3 is 10.6 Å². The third kappa shape index (κ3) is 3.56. The highest BCUT2D eigenvalue weighted by Crippen LogP contribution is 2.46. The summed E-state index contributed by atoms with van der Waals surface area (Å²) in [5, 5.41) is 5.68. The maximum atomic E-state index is 12.4. The van der Waals surface area contributed by atoms with Crippen LogP contribution in [0.3, 0.4) is 0 Å². The number of nitrogens with one attached hydrogen (secondary N) is 2. The molecule has 2 N–H and O–H groups in total. The fourth-order valence-electron chi connectivity index (χ4n) is 2.47. The molecule has 3 rings (SSSR count). The third-order valence-electron chi connectivity index (χ3n) is 4.07. The molecule has 23 heavy (non-hydrogen) atoms. The fraction of sp³-hybridized carbons (Fsp3) is 0.278. The van der Waals surface area contributed by atoms with Gasteiger partial charge in [-0.1, -0.05) is 36.4 Å². The summed E-state index contributed by atoms with van der Waals surface area (Å²) in [6.45, 7) is 0.780. The van der Waals surface area contributed by atoms with Crippen molar-refractivity contribution in [2.24, 2.45) is 5.41 Å². The smallest absolute Gasteiger partial charge is 0.236 e. The van der Waals surface area contributed by atoms with Crippen LogP contribution in [0.15, 0.2) is 54.7 Å². The van der Waals surface area contributed by atoms with E-state index in [0.717, 1.165) is 11.3 Å². The second kappa shape index (κ2) is 6.60. The van der Waals surface area contributed by atoms with Crippen molar-refractivity contribution in [3.05, 3.63) is 66.0 Å². The lowest BCUT2D eigenvalue weighted by atomic mass is 10.0. The van der Waals surface area contributed by atoms with E-state index in [1.54, 1.807) is 6.20 Å². The van der Waals surface area contributed by atoms with E-state index in [1.807, 2.05) is 48.5 Å². The summed E-state index contributed by atoms with van der Waals surface area (Å²) >= 11 is 0. The average molecular weight is 309 g/mol. The molecule has 2 amide bonds. The summed E-state index contributed by atoms with van der Waals surface area (Å²) in [5.74, 6) is -0.409. The third-order valence-corrected chi connectivity index (χ3v) is 4.07. The number of benzene rings is 1. The summed E-state index contributed by atoms with van der Waals surface area (Å²) in [4.78, 5) is 28.9. The number of aromatic nitrogens is 1. The summed E-state index contributed by atoms with van der Waals surface area (Å²) < 4.78 is 0. The van der Waals surface area contributed by atoms with Crippen LogP contribution in [-0.2, 0) is 22.7 Å². The van der Waals surface area contributed by atoms with E-state index in [9.17, 15) is 9.59 Å². The summed E-state index contributed by atoms with van der Waals surface area (Å²) in [5.41, 5.74) is 0.899. The maximum absolute atomic E-state index is 12.4. The van der Waals surface area contributed by atoms with Crippen molar-refractivity contribution in [1.29, 1.82) is 0 Å². The monoisotopic (exact) mass is 309 g/mol. The van der Waals surface area contributed by atoms with Gasteiger partial charge in [0.1, 0.15) is 5.41 Å². The zero-order chi connectivity index (χ0) is 16.1. The van der Waals surface area contributed by atoms with Crippen molar-refractivity contribution in [2.75, 3.05) is 0 Å². The second-order valence-corrected chi connectivity index (χ2v) is 5.75. The van der Waals surface area contributed by atoms with Crippen molar-refractivity contribution >= 4 is 11.8 Å². The van der Waals surface area contributed by atoms with Gasteiger partial charge in [0.2, 0.25) is 11.8 Å². The molecule has 5 nitrogen and oxygen atoms in total. The van der Waals surface area contributed by atoms with E-state index < -0.39 is 5.41 Å². The van der Waals surface area contributed by atoms with Gasteiger partial charge in [-0.15, -0.1) is 0 Å². The average Bonchev–Trinajstić information content (AvgIpc) is 3.41. The molecule has 0 atom stereocenters. The van der Waals surface area contributed by atoms with Crippen LogP contribution in [-0.4, -0.2) is 16.8 Å². The number of rotatable bonds is 6. The molecule has 1 fully saturated rings. The Kier molecular flexibility index (Phi) is 4.37. The quantitative estimate of drug-likeness (QED) is 0.799. The molecule has 1 aromatic heterocycles. The highest BCUT2D eigenvalue weighted by molar-refractivity contribution is 6.07. The molecular formula is C18H19N3O2. The van der Waals surface area contributed by atoms with Crippen molar-refractivity contribution in [3.63, 3.8) is 0 Å². The summed E-state index contributed by atoms with van der Waals surface area (Å²) in [6.07, 6.45) is 2.88. The number of pyridine rings is 1. The first-order valence-electron chi connectivity index (χ1n) is 7.71. The number of hydrogen-bond acceptors (Lipinski definition) is 3. The van der Waals surface area contributed by atoms with Gasteiger partial charge in [-0.3, -0.25) is 14.6 Å². The molecule has 1 heterocycles. The van der Waals surface area contributed by atoms with Crippen LogP contribution in [0.25, 0.3) is 0 Å². The Balaban J connectivity index is 1.53. The molecule has 1 saturated carbocycles. The van der Waals surface area contributed by atoms with E-state index in [0.29, 0.717) is 25.9 Å². The lowest BCUT2D eigenvalue weighted by Crippen LogP contribution is -2.42. The highest BCUT2D eigenvalue weighted by Gasteiger charge is 2.56. The van der Waals surface area contributed by atoms with Gasteiger partial charge in [0.05, 0.1) is 12.2 Å². The van der Waals surface area contributed by atoms with E-state index in [2.05, 4.69) is 15.6 Å². The van der Waals surface area contributed by atoms with Gasteiger partial charge in [0.15, 0.2) is 0 Å². The van der Waals surface area contributed by atoms with Gasteiger partial charge in [0, 0.05) is 12.7 Å². The summed E-state index contributed by atoms with van der Waals surface area (Å²) in [6, 6.07) is 15.2. The van der Waals surface area contributed by atoms with Crippen LogP contribution in [0.5, 0.6) is 0 Å². The van der Waals surface area contributed by atoms with Crippen LogP contribution in [0.4, 0.5) is 0 Å². The zero-order valence-corrected chi connectivity index (χ0v) is 12.8. The SMILES string of the molecule is O=C(NCc1ccccc1)C1(C(=O)NCc2ccccn2)CC1. The minimum Gasteiger partial charge on any atom is -0.351 e. The first-order valence-corrected chi connectivity index (χ1v) is 7.71. The molecule has 118 valence electrons. The Hall–Kier alpha value is -2.69. The Morgan fingerprint density at radius 2 is 1.57 bits per heavy atom. The molecule has 0 radical (unpaired) electrons. The molecule has 1 aromatic carbocycles.